The van der Waals surface area contributed by atoms with Crippen molar-refractivity contribution in [1.82, 2.24) is 5.32 Å². The van der Waals surface area contributed by atoms with Crippen molar-refractivity contribution < 1.29 is 5.11 Å². The zero-order valence-corrected chi connectivity index (χ0v) is 5.18. The van der Waals surface area contributed by atoms with E-state index in [0.29, 0.717) is 12.5 Å². The van der Waals surface area contributed by atoms with Crippen molar-refractivity contribution in [2.45, 2.75) is 19.4 Å². The van der Waals surface area contributed by atoms with Crippen molar-refractivity contribution >= 4 is 0 Å². The highest BCUT2D eigenvalue weighted by Crippen LogP contribution is 2.08. The maximum Gasteiger partial charge on any atom is 0.106 e. The van der Waals surface area contributed by atoms with Crippen LogP contribution in [0.2, 0.25) is 0 Å². The highest BCUT2D eigenvalue weighted by atomic mass is 16.3. The fraction of sp³-hybridized carbons (Fsp3) is 1.00. The molecule has 2 heteroatoms. The third-order valence-electron chi connectivity index (χ3n) is 1.53. The summed E-state index contributed by atoms with van der Waals surface area (Å²) in [6.45, 7) is 3.81. The molecule has 0 aromatic heterocycles. The van der Waals surface area contributed by atoms with Gasteiger partial charge in [-0.25, -0.2) is 5.11 Å². The zero-order chi connectivity index (χ0) is 5.98. The van der Waals surface area contributed by atoms with Crippen molar-refractivity contribution in [2.24, 2.45) is 5.92 Å². The second-order valence-corrected chi connectivity index (χ2v) is 2.62. The molecule has 0 aromatic carbocycles. The summed E-state index contributed by atoms with van der Waals surface area (Å²) in [6.07, 6.45) is 0.506. The minimum Gasteiger partial charge on any atom is -0.314 e. The van der Waals surface area contributed by atoms with Gasteiger partial charge < -0.3 is 5.32 Å². The number of nitrogens with one attached hydrogen (secondary N) is 1. The quantitative estimate of drug-likeness (QED) is 0.486. The molecule has 0 spiro atoms. The van der Waals surface area contributed by atoms with Gasteiger partial charge in [-0.3, -0.25) is 0 Å². The summed E-state index contributed by atoms with van der Waals surface area (Å²) in [7, 11) is 0. The van der Waals surface area contributed by atoms with Gasteiger partial charge >= 0.3 is 0 Å². The van der Waals surface area contributed by atoms with Crippen LogP contribution >= 0.6 is 0 Å². The second-order valence-electron chi connectivity index (χ2n) is 2.62. The molecule has 2 unspecified atom stereocenters. The molecule has 1 saturated heterocycles. The molecule has 47 valence electrons. The fourth-order valence-corrected chi connectivity index (χ4v) is 1.11. The third-order valence-corrected chi connectivity index (χ3v) is 1.53. The Bertz CT molecular complexity index is 66.9. The lowest BCUT2D eigenvalue weighted by Crippen LogP contribution is -2.37. The van der Waals surface area contributed by atoms with Gasteiger partial charge in [0.25, 0.3) is 0 Å². The van der Waals surface area contributed by atoms with Crippen molar-refractivity contribution in [1.29, 1.82) is 0 Å². The molecule has 0 saturated carbocycles. The molecule has 1 rings (SSSR count). The van der Waals surface area contributed by atoms with Gasteiger partial charge in [-0.15, -0.1) is 0 Å². The van der Waals surface area contributed by atoms with Crippen LogP contribution in [0.25, 0.3) is 0 Å². The predicted molar refractivity (Wildman–Crippen MR) is 31.1 cm³/mol. The molecule has 1 heterocycles. The summed E-state index contributed by atoms with van der Waals surface area (Å²) in [5.74, 6) is 0.589. The number of piperidine rings is 1. The normalized spacial score (nSPS) is 39.8. The van der Waals surface area contributed by atoms with Gasteiger partial charge in [-0.2, -0.15) is 0 Å². The number of hydrogen-bond acceptors (Lipinski definition) is 1. The van der Waals surface area contributed by atoms with E-state index >= 15 is 0 Å². The Morgan fingerprint density at radius 2 is 2.25 bits per heavy atom. The van der Waals surface area contributed by atoms with Gasteiger partial charge in [0.15, 0.2) is 0 Å². The van der Waals surface area contributed by atoms with Crippen molar-refractivity contribution in [3.63, 3.8) is 0 Å². The SMILES string of the molecule is CC1CNCC([O])C1. The Morgan fingerprint density at radius 3 is 2.62 bits per heavy atom. The minimum absolute atomic E-state index is 0.348. The maximum absolute atomic E-state index is 10.7. The Kier molecular flexibility index (Phi) is 1.86. The first-order chi connectivity index (χ1) is 3.79. The molecule has 1 fully saturated rings. The first-order valence-electron chi connectivity index (χ1n) is 3.15. The van der Waals surface area contributed by atoms with Crippen LogP contribution in [0.3, 0.4) is 0 Å². The van der Waals surface area contributed by atoms with Crippen molar-refractivity contribution in [3.8, 4) is 0 Å². The monoisotopic (exact) mass is 114 g/mol. The molecule has 2 nitrogen and oxygen atoms in total. The van der Waals surface area contributed by atoms with E-state index in [1.54, 1.807) is 0 Å². The van der Waals surface area contributed by atoms with Crippen molar-refractivity contribution in [3.05, 3.63) is 0 Å². The fourth-order valence-electron chi connectivity index (χ4n) is 1.11. The molecule has 2 atom stereocenters. The van der Waals surface area contributed by atoms with E-state index in [2.05, 4.69) is 12.2 Å². The third kappa shape index (κ3) is 1.46. The molecule has 0 amide bonds. The topological polar surface area (TPSA) is 31.9 Å². The van der Waals surface area contributed by atoms with E-state index in [1.165, 1.54) is 0 Å². The van der Waals surface area contributed by atoms with E-state index in [1.807, 2.05) is 0 Å². The molecule has 8 heavy (non-hydrogen) atoms. The average Bonchev–Trinajstić information content (AvgIpc) is 1.64. The van der Waals surface area contributed by atoms with Crippen LogP contribution in [0, 0.1) is 5.92 Å². The molecule has 1 radical (unpaired) electrons. The molecular weight excluding hydrogens is 102 g/mol. The van der Waals surface area contributed by atoms with Crippen LogP contribution in [0.5, 0.6) is 0 Å². The highest BCUT2D eigenvalue weighted by molar-refractivity contribution is 4.71. The smallest absolute Gasteiger partial charge is 0.106 e. The lowest BCUT2D eigenvalue weighted by Gasteiger charge is -2.21. The summed E-state index contributed by atoms with van der Waals surface area (Å²) in [5.41, 5.74) is 0. The highest BCUT2D eigenvalue weighted by Gasteiger charge is 2.16. The van der Waals surface area contributed by atoms with Crippen molar-refractivity contribution in [2.75, 3.05) is 13.1 Å². The molecule has 0 bridgehead atoms. The second kappa shape index (κ2) is 2.46. The number of rotatable bonds is 0. The van der Waals surface area contributed by atoms with Crippen LogP contribution in [-0.2, 0) is 5.11 Å². The van der Waals surface area contributed by atoms with E-state index in [-0.39, 0.29) is 6.10 Å². The van der Waals surface area contributed by atoms with Gasteiger partial charge in [0.1, 0.15) is 6.10 Å². The Hall–Kier alpha value is -0.0800. The van der Waals surface area contributed by atoms with E-state index in [9.17, 15) is 5.11 Å². The van der Waals surface area contributed by atoms with E-state index in [0.717, 1.165) is 13.0 Å². The van der Waals surface area contributed by atoms with Crippen LogP contribution in [0.1, 0.15) is 13.3 Å². The van der Waals surface area contributed by atoms with E-state index in [4.69, 9.17) is 0 Å². The Morgan fingerprint density at radius 1 is 1.50 bits per heavy atom. The first-order valence-corrected chi connectivity index (χ1v) is 3.15. The van der Waals surface area contributed by atoms with Crippen LogP contribution in [-0.4, -0.2) is 19.2 Å². The lowest BCUT2D eigenvalue weighted by atomic mass is 10.0. The van der Waals surface area contributed by atoms with Gasteiger partial charge in [-0.05, 0) is 18.9 Å². The Balaban J connectivity index is 2.23. The van der Waals surface area contributed by atoms with Crippen LogP contribution < -0.4 is 5.32 Å². The van der Waals surface area contributed by atoms with Crippen LogP contribution in [0.4, 0.5) is 0 Å². The molecule has 1 aliphatic rings. The molecule has 1 aliphatic heterocycles. The van der Waals surface area contributed by atoms with Crippen LogP contribution in [0.15, 0.2) is 0 Å². The lowest BCUT2D eigenvalue weighted by molar-refractivity contribution is 0.0509. The zero-order valence-electron chi connectivity index (χ0n) is 5.18. The van der Waals surface area contributed by atoms with Gasteiger partial charge in [0.05, 0.1) is 0 Å². The van der Waals surface area contributed by atoms with Gasteiger partial charge in [-0.1, -0.05) is 6.92 Å². The molecule has 0 aliphatic carbocycles. The van der Waals surface area contributed by atoms with Gasteiger partial charge in [0.2, 0.25) is 0 Å². The van der Waals surface area contributed by atoms with E-state index < -0.39 is 0 Å². The number of hydrogen-bond donors (Lipinski definition) is 1. The van der Waals surface area contributed by atoms with Gasteiger partial charge in [0, 0.05) is 6.54 Å². The maximum atomic E-state index is 10.7. The Labute approximate surface area is 49.9 Å². The first kappa shape index (κ1) is 6.05. The predicted octanol–water partition coefficient (Wildman–Crippen LogP) is 0.415. The summed E-state index contributed by atoms with van der Waals surface area (Å²) in [5, 5.41) is 13.8. The summed E-state index contributed by atoms with van der Waals surface area (Å²) in [4.78, 5) is 0. The molecule has 1 N–H and O–H groups in total. The largest absolute Gasteiger partial charge is 0.314 e. The summed E-state index contributed by atoms with van der Waals surface area (Å²) >= 11 is 0. The molecule has 0 aromatic rings. The summed E-state index contributed by atoms with van der Waals surface area (Å²) < 4.78 is 0. The standard InChI is InChI=1S/C6H12NO/c1-5-2-6(8)4-7-3-5/h5-7H,2-4H2,1H3. The minimum atomic E-state index is -0.348. The summed E-state index contributed by atoms with van der Waals surface area (Å²) in [6, 6.07) is 0. The average molecular weight is 114 g/mol. The molecular formula is C6H12NO.